The zero-order valence-electron chi connectivity index (χ0n) is 11.4. The van der Waals surface area contributed by atoms with Gasteiger partial charge in [0.25, 0.3) is 9.05 Å². The Morgan fingerprint density at radius 2 is 1.95 bits per heavy atom. The van der Waals surface area contributed by atoms with Crippen molar-refractivity contribution >= 4 is 37.3 Å². The van der Waals surface area contributed by atoms with Crippen LogP contribution in [0.3, 0.4) is 0 Å². The molecule has 7 heteroatoms. The summed E-state index contributed by atoms with van der Waals surface area (Å²) >= 11 is 5.83. The number of benzene rings is 1. The van der Waals surface area contributed by atoms with Crippen LogP contribution in [-0.4, -0.2) is 21.0 Å². The van der Waals surface area contributed by atoms with Gasteiger partial charge in [-0.3, -0.25) is 0 Å². The molecule has 0 fully saturated rings. The minimum atomic E-state index is -3.97. The van der Waals surface area contributed by atoms with Crippen molar-refractivity contribution in [2.45, 2.75) is 32.1 Å². The van der Waals surface area contributed by atoms with Crippen molar-refractivity contribution in [1.29, 1.82) is 0 Å². The fraction of sp³-hybridized carbons (Fsp3) is 0.462. The molecule has 0 aliphatic carbocycles. The fourth-order valence-electron chi connectivity index (χ4n) is 1.58. The molecule has 0 saturated carbocycles. The molecule has 0 aromatic heterocycles. The molecule has 1 rings (SSSR count). The Hall–Kier alpha value is -0.780. The second-order valence-corrected chi connectivity index (χ2v) is 7.80. The molecule has 0 unspecified atom stereocenters. The van der Waals surface area contributed by atoms with E-state index in [2.05, 4.69) is 0 Å². The molecule has 112 valence electrons. The first-order valence-electron chi connectivity index (χ1n) is 6.05. The molecule has 0 radical (unpaired) electrons. The van der Waals surface area contributed by atoms with Crippen LogP contribution in [0.1, 0.15) is 36.2 Å². The molecule has 0 spiro atoms. The average molecular weight is 339 g/mol. The fourth-order valence-corrected chi connectivity index (χ4v) is 3.09. The molecule has 1 aromatic rings. The Morgan fingerprint density at radius 1 is 1.35 bits per heavy atom. The van der Waals surface area contributed by atoms with Crippen LogP contribution >= 0.6 is 22.3 Å². The predicted molar refractivity (Wildman–Crippen MR) is 79.0 cm³/mol. The summed E-state index contributed by atoms with van der Waals surface area (Å²) < 4.78 is 28.0. The molecule has 1 aromatic carbocycles. The van der Waals surface area contributed by atoms with E-state index in [1.807, 2.05) is 13.8 Å². The largest absolute Gasteiger partial charge is 0.462 e. The zero-order valence-corrected chi connectivity index (χ0v) is 13.8. The van der Waals surface area contributed by atoms with Crippen LogP contribution in [0.5, 0.6) is 0 Å². The second kappa shape index (κ2) is 6.78. The summed E-state index contributed by atoms with van der Waals surface area (Å²) in [6.07, 6.45) is 0.728. The SMILES string of the molecule is Cc1c(C(=O)OCCC(C)C)cc(Cl)cc1S(=O)(=O)Cl. The van der Waals surface area contributed by atoms with E-state index in [0.29, 0.717) is 5.92 Å². The topological polar surface area (TPSA) is 60.4 Å². The van der Waals surface area contributed by atoms with E-state index in [1.54, 1.807) is 0 Å². The lowest BCUT2D eigenvalue weighted by atomic mass is 10.1. The quantitative estimate of drug-likeness (QED) is 0.605. The van der Waals surface area contributed by atoms with Crippen LogP contribution < -0.4 is 0 Å². The number of rotatable bonds is 5. The number of carbonyl (C=O) groups is 1. The average Bonchev–Trinajstić information content (AvgIpc) is 2.29. The van der Waals surface area contributed by atoms with Gasteiger partial charge >= 0.3 is 5.97 Å². The van der Waals surface area contributed by atoms with Crippen molar-refractivity contribution in [3.63, 3.8) is 0 Å². The van der Waals surface area contributed by atoms with Gasteiger partial charge in [-0.2, -0.15) is 0 Å². The summed E-state index contributed by atoms with van der Waals surface area (Å²) in [7, 11) is 1.35. The lowest BCUT2D eigenvalue weighted by molar-refractivity contribution is 0.0487. The molecule has 0 aliphatic heterocycles. The van der Waals surface area contributed by atoms with E-state index >= 15 is 0 Å². The van der Waals surface area contributed by atoms with E-state index in [4.69, 9.17) is 27.0 Å². The van der Waals surface area contributed by atoms with E-state index in [-0.39, 0.29) is 27.7 Å². The van der Waals surface area contributed by atoms with Crippen molar-refractivity contribution in [2.75, 3.05) is 6.61 Å². The minimum absolute atomic E-state index is 0.112. The van der Waals surface area contributed by atoms with E-state index in [1.165, 1.54) is 19.1 Å². The summed E-state index contributed by atoms with van der Waals surface area (Å²) in [5.74, 6) is -0.200. The Balaban J connectivity index is 3.07. The summed E-state index contributed by atoms with van der Waals surface area (Å²) in [5, 5.41) is 0.116. The summed E-state index contributed by atoms with van der Waals surface area (Å²) in [5.41, 5.74) is 0.347. The first kappa shape index (κ1) is 17.3. The third-order valence-corrected chi connectivity index (χ3v) is 4.40. The number of carbonyl (C=O) groups excluding carboxylic acids is 1. The molecular formula is C13H16Cl2O4S. The van der Waals surface area contributed by atoms with E-state index in [0.717, 1.165) is 6.42 Å². The Labute approximate surface area is 128 Å². The van der Waals surface area contributed by atoms with Crippen LogP contribution in [0.25, 0.3) is 0 Å². The summed E-state index contributed by atoms with van der Waals surface area (Å²) in [4.78, 5) is 11.8. The number of hydrogen-bond acceptors (Lipinski definition) is 4. The minimum Gasteiger partial charge on any atom is -0.462 e. The molecule has 20 heavy (non-hydrogen) atoms. The number of esters is 1. The maximum absolute atomic E-state index is 12.0. The van der Waals surface area contributed by atoms with Crippen LogP contribution in [0.4, 0.5) is 0 Å². The van der Waals surface area contributed by atoms with Gasteiger partial charge in [0.1, 0.15) is 0 Å². The zero-order chi connectivity index (χ0) is 15.5. The molecule has 0 N–H and O–H groups in total. The van der Waals surface area contributed by atoms with Gasteiger partial charge in [-0.05, 0) is 37.0 Å². The Bertz CT molecular complexity index is 609. The van der Waals surface area contributed by atoms with Gasteiger partial charge in [0.05, 0.1) is 17.1 Å². The monoisotopic (exact) mass is 338 g/mol. The maximum Gasteiger partial charge on any atom is 0.338 e. The molecule has 0 aliphatic rings. The number of ether oxygens (including phenoxy) is 1. The number of halogens is 2. The highest BCUT2D eigenvalue weighted by atomic mass is 35.7. The normalized spacial score (nSPS) is 11.7. The van der Waals surface area contributed by atoms with Gasteiger partial charge in [0.2, 0.25) is 0 Å². The van der Waals surface area contributed by atoms with Crippen molar-refractivity contribution in [2.24, 2.45) is 5.92 Å². The van der Waals surface area contributed by atoms with Crippen LogP contribution in [0.2, 0.25) is 5.02 Å². The molecule has 0 heterocycles. The van der Waals surface area contributed by atoms with Crippen LogP contribution in [-0.2, 0) is 13.8 Å². The smallest absolute Gasteiger partial charge is 0.338 e. The predicted octanol–water partition coefficient (Wildman–Crippen LogP) is 3.78. The lowest BCUT2D eigenvalue weighted by Gasteiger charge is -2.11. The van der Waals surface area contributed by atoms with Crippen molar-refractivity contribution in [3.8, 4) is 0 Å². The second-order valence-electron chi connectivity index (χ2n) is 4.83. The first-order chi connectivity index (χ1) is 9.12. The number of hydrogen-bond donors (Lipinski definition) is 0. The van der Waals surface area contributed by atoms with E-state index < -0.39 is 15.0 Å². The highest BCUT2D eigenvalue weighted by molar-refractivity contribution is 8.13. The molecular weight excluding hydrogens is 323 g/mol. The highest BCUT2D eigenvalue weighted by Gasteiger charge is 2.21. The maximum atomic E-state index is 12.0. The Morgan fingerprint density at radius 3 is 2.45 bits per heavy atom. The van der Waals surface area contributed by atoms with E-state index in [9.17, 15) is 13.2 Å². The molecule has 0 amide bonds. The third kappa shape index (κ3) is 4.65. The summed E-state index contributed by atoms with van der Waals surface area (Å²) in [6.45, 7) is 5.78. The van der Waals surface area contributed by atoms with Crippen molar-refractivity contribution < 1.29 is 17.9 Å². The first-order valence-corrected chi connectivity index (χ1v) is 8.73. The standard InChI is InChI=1S/C13H16Cl2O4S/c1-8(2)4-5-19-13(16)11-6-10(14)7-12(9(11)3)20(15,17)18/h6-8H,4-5H2,1-3H3. The van der Waals surface area contributed by atoms with Gasteiger partial charge < -0.3 is 4.74 Å². The van der Waals surface area contributed by atoms with Gasteiger partial charge in [-0.15, -0.1) is 0 Å². The van der Waals surface area contributed by atoms with Gasteiger partial charge in [0, 0.05) is 15.7 Å². The third-order valence-electron chi connectivity index (χ3n) is 2.74. The van der Waals surface area contributed by atoms with Gasteiger partial charge in [-0.1, -0.05) is 25.4 Å². The lowest BCUT2D eigenvalue weighted by Crippen LogP contribution is -2.11. The van der Waals surface area contributed by atoms with Gasteiger partial charge in [-0.25, -0.2) is 13.2 Å². The molecule has 0 saturated heterocycles. The van der Waals surface area contributed by atoms with Crippen molar-refractivity contribution in [3.05, 3.63) is 28.3 Å². The molecule has 0 atom stereocenters. The summed E-state index contributed by atoms with van der Waals surface area (Å²) in [6, 6.07) is 2.59. The highest BCUT2D eigenvalue weighted by Crippen LogP contribution is 2.27. The van der Waals surface area contributed by atoms with Crippen LogP contribution in [0, 0.1) is 12.8 Å². The van der Waals surface area contributed by atoms with Gasteiger partial charge in [0.15, 0.2) is 0 Å². The molecule has 0 bridgehead atoms. The Kier molecular flexibility index (Phi) is 5.86. The molecule has 4 nitrogen and oxygen atoms in total. The van der Waals surface area contributed by atoms with Crippen LogP contribution in [0.15, 0.2) is 17.0 Å². The van der Waals surface area contributed by atoms with Crippen molar-refractivity contribution in [1.82, 2.24) is 0 Å².